The highest BCUT2D eigenvalue weighted by atomic mass is 19.1. The molecule has 0 aliphatic rings. The molecule has 0 aliphatic carbocycles. The number of halogens is 1. The molecule has 1 aromatic heterocycles. The zero-order valence-electron chi connectivity index (χ0n) is 13.5. The number of amides is 1. The monoisotopic (exact) mass is 326 g/mol. The van der Waals surface area contributed by atoms with Crippen molar-refractivity contribution < 1.29 is 13.9 Å². The number of aromatic nitrogens is 1. The quantitative estimate of drug-likeness (QED) is 0.755. The van der Waals surface area contributed by atoms with Gasteiger partial charge in [-0.3, -0.25) is 4.79 Å². The average Bonchev–Trinajstić information content (AvgIpc) is 2.99. The predicted molar refractivity (Wildman–Crippen MR) is 91.5 cm³/mol. The lowest BCUT2D eigenvalue weighted by atomic mass is 10.1. The summed E-state index contributed by atoms with van der Waals surface area (Å²) in [5.74, 6) is -0.197. The Hall–Kier alpha value is -2.82. The first-order chi connectivity index (χ1) is 11.6. The lowest BCUT2D eigenvalue weighted by Crippen LogP contribution is -2.32. The molecule has 1 heterocycles. The molecule has 0 bridgehead atoms. The molecule has 1 amide bonds. The Morgan fingerprint density at radius 2 is 1.92 bits per heavy atom. The van der Waals surface area contributed by atoms with Crippen LogP contribution in [0.4, 0.5) is 4.39 Å². The highest BCUT2D eigenvalue weighted by molar-refractivity contribution is 5.88. The van der Waals surface area contributed by atoms with Crippen molar-refractivity contribution >= 4 is 16.8 Å². The Bertz CT molecular complexity index is 844. The van der Waals surface area contributed by atoms with Crippen LogP contribution in [0.1, 0.15) is 5.56 Å². The summed E-state index contributed by atoms with van der Waals surface area (Å²) >= 11 is 0. The van der Waals surface area contributed by atoms with E-state index in [-0.39, 0.29) is 18.3 Å². The number of benzene rings is 2. The Morgan fingerprint density at radius 1 is 1.17 bits per heavy atom. The number of carbonyl (C=O) groups is 1. The van der Waals surface area contributed by atoms with Crippen LogP contribution in [0.5, 0.6) is 5.75 Å². The summed E-state index contributed by atoms with van der Waals surface area (Å²) in [6.07, 6.45) is 2.19. The van der Waals surface area contributed by atoms with E-state index < -0.39 is 5.82 Å². The fourth-order valence-corrected chi connectivity index (χ4v) is 2.55. The van der Waals surface area contributed by atoms with Gasteiger partial charge in [-0.2, -0.15) is 0 Å². The Morgan fingerprint density at radius 3 is 2.75 bits per heavy atom. The van der Waals surface area contributed by atoms with Crippen LogP contribution in [0, 0.1) is 5.82 Å². The largest absolute Gasteiger partial charge is 0.489 e. The Balaban J connectivity index is 1.54. The van der Waals surface area contributed by atoms with E-state index in [2.05, 4.69) is 4.98 Å². The van der Waals surface area contributed by atoms with Crippen molar-refractivity contribution in [2.75, 3.05) is 20.2 Å². The molecule has 124 valence electrons. The van der Waals surface area contributed by atoms with Gasteiger partial charge in [-0.05, 0) is 23.8 Å². The molecule has 0 spiro atoms. The average molecular weight is 326 g/mol. The number of para-hydroxylation sites is 2. The smallest absolute Gasteiger partial charge is 0.226 e. The number of H-pyrrole nitrogens is 1. The van der Waals surface area contributed by atoms with E-state index in [4.69, 9.17) is 4.74 Å². The first-order valence-corrected chi connectivity index (χ1v) is 7.81. The van der Waals surface area contributed by atoms with Crippen molar-refractivity contribution in [3.8, 4) is 5.75 Å². The number of hydrogen-bond donors (Lipinski definition) is 1. The van der Waals surface area contributed by atoms with Gasteiger partial charge in [0.25, 0.3) is 0 Å². The van der Waals surface area contributed by atoms with Gasteiger partial charge in [-0.1, -0.05) is 30.3 Å². The van der Waals surface area contributed by atoms with Crippen LogP contribution in [0.3, 0.4) is 0 Å². The zero-order chi connectivity index (χ0) is 16.9. The van der Waals surface area contributed by atoms with Crippen LogP contribution >= 0.6 is 0 Å². The maximum atomic E-state index is 13.5. The molecule has 0 saturated heterocycles. The van der Waals surface area contributed by atoms with Crippen molar-refractivity contribution in [2.24, 2.45) is 0 Å². The van der Waals surface area contributed by atoms with E-state index in [1.165, 1.54) is 6.07 Å². The van der Waals surface area contributed by atoms with Gasteiger partial charge in [0.1, 0.15) is 6.61 Å². The second-order valence-electron chi connectivity index (χ2n) is 5.63. The van der Waals surface area contributed by atoms with Gasteiger partial charge >= 0.3 is 0 Å². The number of fused-ring (bicyclic) bond motifs is 1. The molecule has 3 rings (SSSR count). The van der Waals surface area contributed by atoms with Gasteiger partial charge in [-0.15, -0.1) is 0 Å². The topological polar surface area (TPSA) is 45.3 Å². The number of hydrogen-bond acceptors (Lipinski definition) is 2. The van der Waals surface area contributed by atoms with Gasteiger partial charge in [0.15, 0.2) is 11.6 Å². The lowest BCUT2D eigenvalue weighted by molar-refractivity contribution is -0.129. The number of carbonyl (C=O) groups excluding carboxylic acids is 1. The number of likely N-dealkylation sites (N-methyl/N-ethyl adjacent to an activating group) is 1. The van der Waals surface area contributed by atoms with Gasteiger partial charge in [0.2, 0.25) is 5.91 Å². The van der Waals surface area contributed by atoms with Crippen molar-refractivity contribution in [3.63, 3.8) is 0 Å². The molecule has 1 N–H and O–H groups in total. The van der Waals surface area contributed by atoms with Crippen LogP contribution in [0.2, 0.25) is 0 Å². The van der Waals surface area contributed by atoms with E-state index in [0.29, 0.717) is 13.0 Å². The van der Waals surface area contributed by atoms with E-state index in [1.807, 2.05) is 30.5 Å². The number of nitrogens with one attached hydrogen (secondary N) is 1. The molecular formula is C19H19FN2O2. The van der Waals surface area contributed by atoms with Gasteiger partial charge in [0.05, 0.1) is 13.0 Å². The number of nitrogens with zero attached hydrogens (tertiary/aromatic N) is 1. The summed E-state index contributed by atoms with van der Waals surface area (Å²) in [6, 6.07) is 14.1. The molecule has 0 atom stereocenters. The molecule has 0 fully saturated rings. The maximum absolute atomic E-state index is 13.5. The Kier molecular flexibility index (Phi) is 4.79. The third kappa shape index (κ3) is 3.56. The number of aromatic amines is 1. The second-order valence-corrected chi connectivity index (χ2v) is 5.63. The Labute approximate surface area is 139 Å². The summed E-state index contributed by atoms with van der Waals surface area (Å²) in [4.78, 5) is 17.1. The standard InChI is InChI=1S/C19H19FN2O2/c1-22(10-11-24-18-9-5-3-7-16(18)20)19(23)12-14-13-21-17-8-4-2-6-15(14)17/h2-9,13,21H,10-12H2,1H3. The maximum Gasteiger partial charge on any atom is 0.226 e. The minimum absolute atomic E-state index is 0.00288. The molecule has 0 aliphatic heterocycles. The molecule has 2 aromatic carbocycles. The van der Waals surface area contributed by atoms with Crippen molar-refractivity contribution in [2.45, 2.75) is 6.42 Å². The first kappa shape index (κ1) is 16.1. The molecule has 0 saturated carbocycles. The van der Waals surface area contributed by atoms with Crippen molar-refractivity contribution in [1.29, 1.82) is 0 Å². The van der Waals surface area contributed by atoms with E-state index in [1.54, 1.807) is 30.1 Å². The molecule has 4 nitrogen and oxygen atoms in total. The minimum atomic E-state index is -0.398. The summed E-state index contributed by atoms with van der Waals surface area (Å²) in [6.45, 7) is 0.645. The molecule has 0 radical (unpaired) electrons. The van der Waals surface area contributed by atoms with Crippen LogP contribution in [-0.4, -0.2) is 36.0 Å². The lowest BCUT2D eigenvalue weighted by Gasteiger charge is -2.17. The van der Waals surface area contributed by atoms with Gasteiger partial charge in [-0.25, -0.2) is 4.39 Å². The molecular weight excluding hydrogens is 307 g/mol. The van der Waals surface area contributed by atoms with Crippen LogP contribution in [0.25, 0.3) is 10.9 Å². The fraction of sp³-hybridized carbons (Fsp3) is 0.211. The molecule has 0 unspecified atom stereocenters. The van der Waals surface area contributed by atoms with E-state index in [0.717, 1.165) is 16.5 Å². The van der Waals surface area contributed by atoms with Crippen LogP contribution in [0.15, 0.2) is 54.7 Å². The highest BCUT2D eigenvalue weighted by Crippen LogP contribution is 2.19. The summed E-state index contributed by atoms with van der Waals surface area (Å²) in [5.41, 5.74) is 1.99. The van der Waals surface area contributed by atoms with Crippen LogP contribution in [-0.2, 0) is 11.2 Å². The second kappa shape index (κ2) is 7.17. The first-order valence-electron chi connectivity index (χ1n) is 7.81. The SMILES string of the molecule is CN(CCOc1ccccc1F)C(=O)Cc1c[nH]c2ccccc12. The zero-order valence-corrected chi connectivity index (χ0v) is 13.5. The predicted octanol–water partition coefficient (Wildman–Crippen LogP) is 3.39. The van der Waals surface area contributed by atoms with Crippen molar-refractivity contribution in [3.05, 3.63) is 66.1 Å². The summed E-state index contributed by atoms with van der Waals surface area (Å²) in [7, 11) is 1.72. The normalized spacial score (nSPS) is 10.8. The summed E-state index contributed by atoms with van der Waals surface area (Å²) < 4.78 is 18.9. The number of ether oxygens (including phenoxy) is 1. The van der Waals surface area contributed by atoms with E-state index >= 15 is 0 Å². The minimum Gasteiger partial charge on any atom is -0.489 e. The summed E-state index contributed by atoms with van der Waals surface area (Å²) in [5, 5.41) is 1.06. The number of rotatable bonds is 6. The highest BCUT2D eigenvalue weighted by Gasteiger charge is 2.13. The molecule has 5 heteroatoms. The van der Waals surface area contributed by atoms with Gasteiger partial charge in [0, 0.05) is 24.1 Å². The third-order valence-corrected chi connectivity index (χ3v) is 3.96. The third-order valence-electron chi connectivity index (χ3n) is 3.96. The van der Waals surface area contributed by atoms with Crippen LogP contribution < -0.4 is 4.74 Å². The molecule has 24 heavy (non-hydrogen) atoms. The van der Waals surface area contributed by atoms with Crippen molar-refractivity contribution in [1.82, 2.24) is 9.88 Å². The van der Waals surface area contributed by atoms with Gasteiger partial charge < -0.3 is 14.6 Å². The fourth-order valence-electron chi connectivity index (χ4n) is 2.55. The molecule has 3 aromatic rings. The van der Waals surface area contributed by atoms with E-state index in [9.17, 15) is 9.18 Å².